The van der Waals surface area contributed by atoms with E-state index >= 15 is 0 Å². The molecule has 4 heteroatoms. The van der Waals surface area contributed by atoms with Crippen LogP contribution in [0, 0.1) is 13.8 Å². The fourth-order valence-corrected chi connectivity index (χ4v) is 2.61. The van der Waals surface area contributed by atoms with Crippen LogP contribution in [0.4, 0.5) is 0 Å². The molecule has 1 aromatic heterocycles. The van der Waals surface area contributed by atoms with Crippen LogP contribution in [0.25, 0.3) is 6.08 Å². The topological polar surface area (TPSA) is 54.6 Å². The van der Waals surface area contributed by atoms with E-state index in [1.807, 2.05) is 25.1 Å². The van der Waals surface area contributed by atoms with Crippen molar-refractivity contribution in [2.45, 2.75) is 46.5 Å². The van der Waals surface area contributed by atoms with Crippen LogP contribution in [0.2, 0.25) is 0 Å². The minimum absolute atomic E-state index is 0.252. The number of allylic oxidation sites excluding steroid dienone is 1. The number of amides is 1. The van der Waals surface area contributed by atoms with Crippen molar-refractivity contribution in [3.8, 4) is 0 Å². The molecule has 0 aliphatic heterocycles. The average Bonchev–Trinajstić information content (AvgIpc) is 2.94. The molecule has 0 unspecified atom stereocenters. The molecule has 1 heterocycles. The standard InChI is InChI=1S/C21H26N2O2/c1-4-5-7-12-19(14-18-10-8-6-9-11-18)15-22-23-21(24)20-13-16(2)25-17(20)3/h6,8-11,13-15H,4-5,7,12H2,1-3H3,(H,23,24). The lowest BCUT2D eigenvalue weighted by molar-refractivity contribution is 0.0953. The second kappa shape index (κ2) is 9.62. The van der Waals surface area contributed by atoms with Gasteiger partial charge in [0, 0.05) is 0 Å². The van der Waals surface area contributed by atoms with Crippen LogP contribution < -0.4 is 5.43 Å². The number of hydrogen-bond donors (Lipinski definition) is 1. The number of carbonyl (C=O) groups is 1. The van der Waals surface area contributed by atoms with E-state index in [9.17, 15) is 4.79 Å². The number of unbranched alkanes of at least 4 members (excludes halogenated alkanes) is 2. The first kappa shape index (κ1) is 18.7. The Bertz CT molecular complexity index is 743. The lowest BCUT2D eigenvalue weighted by Gasteiger charge is -2.03. The number of carbonyl (C=O) groups excluding carboxylic acids is 1. The highest BCUT2D eigenvalue weighted by Crippen LogP contribution is 2.14. The summed E-state index contributed by atoms with van der Waals surface area (Å²) in [5.74, 6) is 1.07. The van der Waals surface area contributed by atoms with Crippen molar-refractivity contribution < 1.29 is 9.21 Å². The summed E-state index contributed by atoms with van der Waals surface area (Å²) in [4.78, 5) is 12.2. The van der Waals surface area contributed by atoms with Crippen molar-refractivity contribution in [3.05, 3.63) is 64.6 Å². The fourth-order valence-electron chi connectivity index (χ4n) is 2.61. The zero-order valence-corrected chi connectivity index (χ0v) is 15.2. The van der Waals surface area contributed by atoms with Gasteiger partial charge in [-0.15, -0.1) is 0 Å². The molecular formula is C21H26N2O2. The number of hydrazone groups is 1. The van der Waals surface area contributed by atoms with Crippen LogP contribution in [0.15, 0.2) is 51.5 Å². The number of furan rings is 1. The number of hydrogen-bond acceptors (Lipinski definition) is 3. The molecule has 1 amide bonds. The van der Waals surface area contributed by atoms with Crippen LogP contribution in [0.5, 0.6) is 0 Å². The summed E-state index contributed by atoms with van der Waals surface area (Å²) in [5, 5.41) is 4.14. The summed E-state index contributed by atoms with van der Waals surface area (Å²) >= 11 is 0. The Morgan fingerprint density at radius 2 is 1.96 bits per heavy atom. The molecule has 132 valence electrons. The van der Waals surface area contributed by atoms with Crippen molar-refractivity contribution in [1.29, 1.82) is 0 Å². The lowest BCUT2D eigenvalue weighted by atomic mass is 10.1. The average molecular weight is 338 g/mol. The largest absolute Gasteiger partial charge is 0.466 e. The van der Waals surface area contributed by atoms with Gasteiger partial charge in [-0.1, -0.05) is 56.2 Å². The number of benzene rings is 1. The Kier molecular flexibility index (Phi) is 7.20. The van der Waals surface area contributed by atoms with E-state index in [-0.39, 0.29) is 5.91 Å². The second-order valence-electron chi connectivity index (χ2n) is 6.11. The van der Waals surface area contributed by atoms with Gasteiger partial charge in [0.05, 0.1) is 11.8 Å². The smallest absolute Gasteiger partial charge is 0.274 e. The van der Waals surface area contributed by atoms with Crippen LogP contribution in [0.1, 0.15) is 60.0 Å². The van der Waals surface area contributed by atoms with Gasteiger partial charge in [-0.25, -0.2) is 5.43 Å². The third kappa shape index (κ3) is 6.07. The molecule has 0 atom stereocenters. The maximum absolute atomic E-state index is 12.2. The monoisotopic (exact) mass is 338 g/mol. The van der Waals surface area contributed by atoms with E-state index in [0.29, 0.717) is 11.3 Å². The van der Waals surface area contributed by atoms with E-state index < -0.39 is 0 Å². The number of nitrogens with zero attached hydrogens (tertiary/aromatic N) is 1. The predicted octanol–water partition coefficient (Wildman–Crippen LogP) is 5.28. The van der Waals surface area contributed by atoms with E-state index in [1.54, 1.807) is 19.2 Å². The quantitative estimate of drug-likeness (QED) is 0.405. The molecule has 0 saturated heterocycles. The summed E-state index contributed by atoms with van der Waals surface area (Å²) in [6.45, 7) is 5.78. The molecule has 0 aliphatic rings. The van der Waals surface area contributed by atoms with Crippen LogP contribution >= 0.6 is 0 Å². The van der Waals surface area contributed by atoms with Gasteiger partial charge >= 0.3 is 0 Å². The molecule has 25 heavy (non-hydrogen) atoms. The highest BCUT2D eigenvalue weighted by atomic mass is 16.3. The van der Waals surface area contributed by atoms with Crippen molar-refractivity contribution in [2.24, 2.45) is 5.10 Å². The maximum atomic E-state index is 12.2. The Morgan fingerprint density at radius 1 is 1.20 bits per heavy atom. The van der Waals surface area contributed by atoms with E-state index in [2.05, 4.69) is 35.7 Å². The Hall–Kier alpha value is -2.62. The van der Waals surface area contributed by atoms with Crippen LogP contribution in [-0.4, -0.2) is 12.1 Å². The first-order valence-electron chi connectivity index (χ1n) is 8.76. The van der Waals surface area contributed by atoms with Crippen molar-refractivity contribution in [3.63, 3.8) is 0 Å². The number of aryl methyl sites for hydroxylation is 2. The molecule has 2 rings (SSSR count). The van der Waals surface area contributed by atoms with Gasteiger partial charge in [0.15, 0.2) is 0 Å². The van der Waals surface area contributed by atoms with Crippen molar-refractivity contribution in [1.82, 2.24) is 5.43 Å². The van der Waals surface area contributed by atoms with Gasteiger partial charge in [-0.2, -0.15) is 5.10 Å². The zero-order valence-electron chi connectivity index (χ0n) is 15.2. The minimum Gasteiger partial charge on any atom is -0.466 e. The summed E-state index contributed by atoms with van der Waals surface area (Å²) in [6.07, 6.45) is 8.24. The minimum atomic E-state index is -0.252. The van der Waals surface area contributed by atoms with Gasteiger partial charge in [0.2, 0.25) is 0 Å². The number of rotatable bonds is 8. The molecular weight excluding hydrogens is 312 g/mol. The first-order chi connectivity index (χ1) is 12.1. The molecule has 0 fully saturated rings. The van der Waals surface area contributed by atoms with Gasteiger partial charge in [0.1, 0.15) is 11.5 Å². The van der Waals surface area contributed by atoms with E-state index in [4.69, 9.17) is 4.42 Å². The second-order valence-corrected chi connectivity index (χ2v) is 6.11. The van der Waals surface area contributed by atoms with E-state index in [0.717, 1.165) is 29.7 Å². The lowest BCUT2D eigenvalue weighted by Crippen LogP contribution is -2.17. The summed E-state index contributed by atoms with van der Waals surface area (Å²) in [7, 11) is 0. The Labute approximate surface area is 149 Å². The summed E-state index contributed by atoms with van der Waals surface area (Å²) < 4.78 is 5.38. The molecule has 1 N–H and O–H groups in total. The Balaban J connectivity index is 2.04. The molecule has 2 aromatic rings. The molecule has 0 saturated carbocycles. The molecule has 0 bridgehead atoms. The summed E-state index contributed by atoms with van der Waals surface area (Å²) in [5.41, 5.74) is 5.34. The predicted molar refractivity (Wildman–Crippen MR) is 103 cm³/mol. The van der Waals surface area contributed by atoms with Gasteiger partial charge < -0.3 is 4.42 Å². The summed E-state index contributed by atoms with van der Waals surface area (Å²) in [6, 6.07) is 11.9. The maximum Gasteiger partial charge on any atom is 0.274 e. The van der Waals surface area contributed by atoms with Crippen molar-refractivity contribution >= 4 is 18.2 Å². The third-order valence-electron chi connectivity index (χ3n) is 3.90. The Morgan fingerprint density at radius 3 is 2.60 bits per heavy atom. The molecule has 0 radical (unpaired) electrons. The SMILES string of the molecule is CCCCCC(C=NNC(=O)c1cc(C)oc1C)=Cc1ccccc1. The van der Waals surface area contributed by atoms with Crippen LogP contribution in [0.3, 0.4) is 0 Å². The third-order valence-corrected chi connectivity index (χ3v) is 3.90. The molecule has 0 aliphatic carbocycles. The zero-order chi connectivity index (χ0) is 18.1. The fraction of sp³-hybridized carbons (Fsp3) is 0.333. The van der Waals surface area contributed by atoms with Gasteiger partial charge in [0.25, 0.3) is 5.91 Å². The normalized spacial score (nSPS) is 11.9. The molecule has 0 spiro atoms. The highest BCUT2D eigenvalue weighted by molar-refractivity contribution is 5.96. The van der Waals surface area contributed by atoms with E-state index in [1.165, 1.54) is 12.8 Å². The van der Waals surface area contributed by atoms with Gasteiger partial charge in [-0.05, 0) is 43.9 Å². The van der Waals surface area contributed by atoms with Gasteiger partial charge in [-0.3, -0.25) is 4.79 Å². The highest BCUT2D eigenvalue weighted by Gasteiger charge is 2.12. The first-order valence-corrected chi connectivity index (χ1v) is 8.76. The van der Waals surface area contributed by atoms with Crippen LogP contribution in [-0.2, 0) is 0 Å². The number of nitrogens with one attached hydrogen (secondary N) is 1. The molecule has 4 nitrogen and oxygen atoms in total. The van der Waals surface area contributed by atoms with Crippen molar-refractivity contribution in [2.75, 3.05) is 0 Å². The molecule has 1 aromatic carbocycles.